The summed E-state index contributed by atoms with van der Waals surface area (Å²) in [6.45, 7) is 11.3. The average Bonchev–Trinajstić information content (AvgIpc) is 2.37. The Kier molecular flexibility index (Phi) is 16.6. The van der Waals surface area contributed by atoms with Crippen molar-refractivity contribution in [3.05, 3.63) is 11.6 Å². The smallest absolute Gasteiger partial charge is 0.328 e. The van der Waals surface area contributed by atoms with Crippen molar-refractivity contribution in [3.63, 3.8) is 0 Å². The van der Waals surface area contributed by atoms with Crippen LogP contribution >= 0.6 is 0 Å². The van der Waals surface area contributed by atoms with Gasteiger partial charge in [-0.05, 0) is 37.5 Å². The SMILES string of the molecule is C/C(=C\C(=O)O)CCC[C@H](C)CCC[C@H](C)CCCC(C)C.[Fe]. The molecule has 23 heavy (non-hydrogen) atoms. The van der Waals surface area contributed by atoms with Gasteiger partial charge in [0, 0.05) is 23.1 Å². The Morgan fingerprint density at radius 3 is 1.74 bits per heavy atom. The summed E-state index contributed by atoms with van der Waals surface area (Å²) in [5.41, 5.74) is 0.985. The maximum absolute atomic E-state index is 10.5. The Morgan fingerprint density at radius 2 is 1.30 bits per heavy atom. The van der Waals surface area contributed by atoms with Crippen molar-refractivity contribution >= 4 is 5.97 Å². The molecular formula is C20H38FeO2. The Labute approximate surface area is 155 Å². The van der Waals surface area contributed by atoms with Crippen LogP contribution in [0.25, 0.3) is 0 Å². The summed E-state index contributed by atoms with van der Waals surface area (Å²) >= 11 is 0. The second-order valence-electron chi connectivity index (χ2n) is 7.69. The van der Waals surface area contributed by atoms with E-state index in [0.29, 0.717) is 0 Å². The van der Waals surface area contributed by atoms with Crippen LogP contribution < -0.4 is 0 Å². The molecule has 0 aromatic carbocycles. The molecule has 0 saturated heterocycles. The summed E-state index contributed by atoms with van der Waals surface area (Å²) in [6, 6.07) is 0. The van der Waals surface area contributed by atoms with E-state index >= 15 is 0 Å². The van der Waals surface area contributed by atoms with Crippen molar-refractivity contribution in [2.24, 2.45) is 17.8 Å². The molecule has 0 aromatic rings. The van der Waals surface area contributed by atoms with Crippen molar-refractivity contribution in [1.82, 2.24) is 0 Å². The maximum Gasteiger partial charge on any atom is 0.328 e. The van der Waals surface area contributed by atoms with Crippen LogP contribution in [0.2, 0.25) is 0 Å². The Balaban J connectivity index is 0. The van der Waals surface area contributed by atoms with Crippen LogP contribution in [0, 0.1) is 17.8 Å². The van der Waals surface area contributed by atoms with Gasteiger partial charge < -0.3 is 5.11 Å². The van der Waals surface area contributed by atoms with E-state index in [9.17, 15) is 4.79 Å². The number of hydrogen-bond acceptors (Lipinski definition) is 1. The standard InChI is InChI=1S/C20H38O2.Fe/c1-16(2)9-6-10-17(3)11-7-12-18(4)13-8-14-19(5)15-20(21)22;/h15-18H,6-14H2,1-5H3,(H,21,22);/b19-15+;/t17-,18-;/m1./s1. The van der Waals surface area contributed by atoms with Gasteiger partial charge >= 0.3 is 5.97 Å². The third-order valence-electron chi connectivity index (χ3n) is 4.51. The van der Waals surface area contributed by atoms with Crippen molar-refractivity contribution in [2.45, 2.75) is 92.4 Å². The minimum atomic E-state index is -0.822. The molecule has 2 atom stereocenters. The fourth-order valence-electron chi connectivity index (χ4n) is 2.99. The predicted molar refractivity (Wildman–Crippen MR) is 96.1 cm³/mol. The van der Waals surface area contributed by atoms with Gasteiger partial charge in [-0.25, -0.2) is 4.79 Å². The predicted octanol–water partition coefficient (Wildman–Crippen LogP) is 6.45. The van der Waals surface area contributed by atoms with Gasteiger partial charge in [-0.2, -0.15) is 0 Å². The Bertz CT molecular complexity index is 324. The fourth-order valence-corrected chi connectivity index (χ4v) is 2.99. The Hall–Kier alpha value is -0.271. The van der Waals surface area contributed by atoms with Crippen molar-refractivity contribution in [3.8, 4) is 0 Å². The quantitative estimate of drug-likeness (QED) is 0.300. The van der Waals surface area contributed by atoms with Gasteiger partial charge in [0.15, 0.2) is 0 Å². The fraction of sp³-hybridized carbons (Fsp3) is 0.850. The van der Waals surface area contributed by atoms with Crippen LogP contribution in [0.1, 0.15) is 92.4 Å². The number of carbonyl (C=O) groups is 1. The first-order valence-electron chi connectivity index (χ1n) is 9.21. The van der Waals surface area contributed by atoms with E-state index in [-0.39, 0.29) is 17.1 Å². The van der Waals surface area contributed by atoms with E-state index in [4.69, 9.17) is 5.11 Å². The van der Waals surface area contributed by atoms with Gasteiger partial charge in [-0.1, -0.05) is 78.2 Å². The van der Waals surface area contributed by atoms with Crippen LogP contribution in [-0.4, -0.2) is 11.1 Å². The van der Waals surface area contributed by atoms with Crippen molar-refractivity contribution in [2.75, 3.05) is 0 Å². The Morgan fingerprint density at radius 1 is 0.870 bits per heavy atom. The molecule has 0 aliphatic heterocycles. The van der Waals surface area contributed by atoms with Gasteiger partial charge in [0.2, 0.25) is 0 Å². The van der Waals surface area contributed by atoms with Crippen LogP contribution in [-0.2, 0) is 21.9 Å². The molecule has 2 nitrogen and oxygen atoms in total. The summed E-state index contributed by atoms with van der Waals surface area (Å²) in [6.07, 6.45) is 12.7. The molecule has 0 aliphatic carbocycles. The monoisotopic (exact) mass is 366 g/mol. The molecule has 0 saturated carbocycles. The molecule has 0 aromatic heterocycles. The summed E-state index contributed by atoms with van der Waals surface area (Å²) in [5.74, 6) is 1.65. The van der Waals surface area contributed by atoms with E-state index in [1.807, 2.05) is 6.92 Å². The zero-order valence-electron chi connectivity index (χ0n) is 15.9. The minimum Gasteiger partial charge on any atom is -0.478 e. The van der Waals surface area contributed by atoms with Crippen LogP contribution in [0.3, 0.4) is 0 Å². The summed E-state index contributed by atoms with van der Waals surface area (Å²) in [7, 11) is 0. The first-order chi connectivity index (χ1) is 10.3. The summed E-state index contributed by atoms with van der Waals surface area (Å²) in [4.78, 5) is 10.5. The first-order valence-corrected chi connectivity index (χ1v) is 9.21. The van der Waals surface area contributed by atoms with Gasteiger partial charge in [0.05, 0.1) is 0 Å². The molecule has 0 spiro atoms. The van der Waals surface area contributed by atoms with Crippen LogP contribution in [0.4, 0.5) is 0 Å². The van der Waals surface area contributed by atoms with Crippen LogP contribution in [0.15, 0.2) is 11.6 Å². The molecule has 0 bridgehead atoms. The normalized spacial score (nSPS) is 14.4. The number of hydrogen-bond donors (Lipinski definition) is 1. The van der Waals surface area contributed by atoms with E-state index in [0.717, 1.165) is 36.2 Å². The molecule has 138 valence electrons. The molecule has 0 heterocycles. The summed E-state index contributed by atoms with van der Waals surface area (Å²) < 4.78 is 0. The molecule has 1 N–H and O–H groups in total. The summed E-state index contributed by atoms with van der Waals surface area (Å²) in [5, 5.41) is 8.68. The van der Waals surface area contributed by atoms with Crippen molar-refractivity contribution in [1.29, 1.82) is 0 Å². The van der Waals surface area contributed by atoms with Crippen molar-refractivity contribution < 1.29 is 27.0 Å². The number of allylic oxidation sites excluding steroid dienone is 1. The number of carboxylic acid groups (broad SMARTS) is 1. The number of rotatable bonds is 13. The molecule has 0 unspecified atom stereocenters. The number of carboxylic acids is 1. The number of aliphatic carboxylic acids is 1. The zero-order chi connectivity index (χ0) is 17.0. The van der Waals surface area contributed by atoms with Gasteiger partial charge in [-0.15, -0.1) is 0 Å². The molecule has 0 fully saturated rings. The molecule has 0 aliphatic rings. The zero-order valence-corrected chi connectivity index (χ0v) is 17.0. The van der Waals surface area contributed by atoms with E-state index in [1.54, 1.807) is 0 Å². The largest absolute Gasteiger partial charge is 0.478 e. The van der Waals surface area contributed by atoms with E-state index in [1.165, 1.54) is 51.0 Å². The topological polar surface area (TPSA) is 37.3 Å². The van der Waals surface area contributed by atoms with E-state index < -0.39 is 5.97 Å². The maximum atomic E-state index is 10.5. The first kappa shape index (κ1) is 25.0. The third kappa shape index (κ3) is 17.9. The second kappa shape index (κ2) is 15.3. The van der Waals surface area contributed by atoms with E-state index in [2.05, 4.69) is 27.7 Å². The average molecular weight is 366 g/mol. The molecular weight excluding hydrogens is 328 g/mol. The van der Waals surface area contributed by atoms with Crippen LogP contribution in [0.5, 0.6) is 0 Å². The van der Waals surface area contributed by atoms with Gasteiger partial charge in [-0.3, -0.25) is 0 Å². The third-order valence-corrected chi connectivity index (χ3v) is 4.51. The molecule has 3 heteroatoms. The van der Waals surface area contributed by atoms with Gasteiger partial charge in [0.1, 0.15) is 0 Å². The molecule has 0 radical (unpaired) electrons. The molecule has 0 rings (SSSR count). The minimum absolute atomic E-state index is 0. The van der Waals surface area contributed by atoms with Gasteiger partial charge in [0.25, 0.3) is 0 Å². The second-order valence-corrected chi connectivity index (χ2v) is 7.69. The molecule has 0 amide bonds.